The van der Waals surface area contributed by atoms with Crippen LogP contribution in [-0.4, -0.2) is 24.3 Å². The van der Waals surface area contributed by atoms with Gasteiger partial charge in [-0.05, 0) is 66.6 Å². The number of ketones is 1. The van der Waals surface area contributed by atoms with Crippen molar-refractivity contribution >= 4 is 34.3 Å². The van der Waals surface area contributed by atoms with Gasteiger partial charge < -0.3 is 19.2 Å². The first-order valence-electron chi connectivity index (χ1n) is 11.7. The number of hydrogen-bond donors (Lipinski definition) is 1. The van der Waals surface area contributed by atoms with Gasteiger partial charge in [-0.25, -0.2) is 9.59 Å². The SMILES string of the molecule is CCC(=O)Nc1ccc(C(=O)COC(=O)c2ccc(COc3ccc4c(C)cc(=O)oc4c3)cc2)cc1. The highest BCUT2D eigenvalue weighted by Crippen LogP contribution is 2.23. The summed E-state index contributed by atoms with van der Waals surface area (Å²) in [7, 11) is 0. The maximum absolute atomic E-state index is 12.4. The zero-order valence-electron chi connectivity index (χ0n) is 20.4. The van der Waals surface area contributed by atoms with Crippen molar-refractivity contribution in [2.45, 2.75) is 26.9 Å². The largest absolute Gasteiger partial charge is 0.489 e. The molecule has 0 aliphatic carbocycles. The van der Waals surface area contributed by atoms with Gasteiger partial charge in [-0.2, -0.15) is 0 Å². The Labute approximate surface area is 212 Å². The first-order valence-corrected chi connectivity index (χ1v) is 11.7. The summed E-state index contributed by atoms with van der Waals surface area (Å²) in [6, 6.07) is 19.8. The minimum absolute atomic E-state index is 0.121. The lowest BCUT2D eigenvalue weighted by atomic mass is 10.1. The van der Waals surface area contributed by atoms with E-state index in [0.717, 1.165) is 16.5 Å². The van der Waals surface area contributed by atoms with Gasteiger partial charge in [0.25, 0.3) is 0 Å². The summed E-state index contributed by atoms with van der Waals surface area (Å²) in [5.41, 5.74) is 2.95. The number of esters is 1. The van der Waals surface area contributed by atoms with E-state index in [0.29, 0.717) is 34.6 Å². The highest BCUT2D eigenvalue weighted by atomic mass is 16.5. The smallest absolute Gasteiger partial charge is 0.338 e. The van der Waals surface area contributed by atoms with E-state index in [1.807, 2.05) is 13.0 Å². The Bertz CT molecular complexity index is 1500. The van der Waals surface area contributed by atoms with Crippen molar-refractivity contribution < 1.29 is 28.3 Å². The normalized spacial score (nSPS) is 10.6. The summed E-state index contributed by atoms with van der Waals surface area (Å²) in [6.07, 6.45) is 0.357. The number of anilines is 1. The molecule has 0 fully saturated rings. The maximum atomic E-state index is 12.4. The van der Waals surface area contributed by atoms with E-state index in [2.05, 4.69) is 5.32 Å². The fourth-order valence-corrected chi connectivity index (χ4v) is 3.59. The van der Waals surface area contributed by atoms with Crippen LogP contribution in [-0.2, 0) is 16.1 Å². The van der Waals surface area contributed by atoms with Gasteiger partial charge in [-0.15, -0.1) is 0 Å². The Morgan fingerprint density at radius 2 is 1.59 bits per heavy atom. The Balaban J connectivity index is 1.29. The van der Waals surface area contributed by atoms with Crippen molar-refractivity contribution in [3.05, 3.63) is 105 Å². The highest BCUT2D eigenvalue weighted by molar-refractivity contribution is 6.00. The van der Waals surface area contributed by atoms with Gasteiger partial charge in [0.2, 0.25) is 5.91 Å². The van der Waals surface area contributed by atoms with Gasteiger partial charge in [0.15, 0.2) is 12.4 Å². The number of aryl methyl sites for hydroxylation is 1. The topological polar surface area (TPSA) is 112 Å². The van der Waals surface area contributed by atoms with E-state index < -0.39 is 18.2 Å². The van der Waals surface area contributed by atoms with Crippen LogP contribution in [0.4, 0.5) is 5.69 Å². The molecule has 0 unspecified atom stereocenters. The molecule has 0 aliphatic rings. The van der Waals surface area contributed by atoms with E-state index >= 15 is 0 Å². The molecule has 1 aromatic heterocycles. The second-order valence-corrected chi connectivity index (χ2v) is 8.37. The van der Waals surface area contributed by atoms with Crippen LogP contribution in [0.2, 0.25) is 0 Å². The quantitative estimate of drug-likeness (QED) is 0.194. The number of amides is 1. The third-order valence-corrected chi connectivity index (χ3v) is 5.66. The first-order chi connectivity index (χ1) is 17.8. The molecule has 188 valence electrons. The van der Waals surface area contributed by atoms with Crippen LogP contribution in [0.25, 0.3) is 11.0 Å². The van der Waals surface area contributed by atoms with E-state index in [1.54, 1.807) is 67.6 Å². The Morgan fingerprint density at radius 3 is 2.30 bits per heavy atom. The van der Waals surface area contributed by atoms with Gasteiger partial charge >= 0.3 is 11.6 Å². The summed E-state index contributed by atoms with van der Waals surface area (Å²) in [5.74, 6) is -0.547. The van der Waals surface area contributed by atoms with Crippen LogP contribution in [0.3, 0.4) is 0 Å². The Hall–Kier alpha value is -4.72. The second kappa shape index (κ2) is 11.3. The van der Waals surface area contributed by atoms with Crippen LogP contribution in [0.15, 0.2) is 82.0 Å². The number of carbonyl (C=O) groups is 3. The molecule has 0 saturated heterocycles. The number of ether oxygens (including phenoxy) is 2. The Kier molecular flexibility index (Phi) is 7.78. The predicted molar refractivity (Wildman–Crippen MR) is 138 cm³/mol. The van der Waals surface area contributed by atoms with Gasteiger partial charge in [0, 0.05) is 35.2 Å². The van der Waals surface area contributed by atoms with Gasteiger partial charge in [0.05, 0.1) is 5.56 Å². The fraction of sp³-hybridized carbons (Fsp3) is 0.172. The number of benzene rings is 3. The minimum atomic E-state index is -0.618. The maximum Gasteiger partial charge on any atom is 0.338 e. The van der Waals surface area contributed by atoms with Crippen molar-refractivity contribution in [3.8, 4) is 5.75 Å². The molecule has 8 heteroatoms. The molecule has 1 heterocycles. The lowest BCUT2D eigenvalue weighted by molar-refractivity contribution is -0.115. The second-order valence-electron chi connectivity index (χ2n) is 8.37. The number of fused-ring (bicyclic) bond motifs is 1. The van der Waals surface area contributed by atoms with Crippen molar-refractivity contribution in [2.24, 2.45) is 0 Å². The fourth-order valence-electron chi connectivity index (χ4n) is 3.59. The molecular weight excluding hydrogens is 474 g/mol. The van der Waals surface area contributed by atoms with E-state index in [-0.39, 0.29) is 18.3 Å². The van der Waals surface area contributed by atoms with Crippen LogP contribution >= 0.6 is 0 Å². The molecule has 0 radical (unpaired) electrons. The molecule has 0 atom stereocenters. The number of rotatable bonds is 9. The van der Waals surface area contributed by atoms with Crippen molar-refractivity contribution in [3.63, 3.8) is 0 Å². The molecule has 0 saturated carbocycles. The monoisotopic (exact) mass is 499 g/mol. The molecule has 4 aromatic rings. The first kappa shape index (κ1) is 25.4. The zero-order valence-corrected chi connectivity index (χ0v) is 20.4. The molecular formula is C29H25NO7. The molecule has 8 nitrogen and oxygen atoms in total. The van der Waals surface area contributed by atoms with Crippen LogP contribution < -0.4 is 15.7 Å². The molecule has 3 aromatic carbocycles. The van der Waals surface area contributed by atoms with Crippen LogP contribution in [0, 0.1) is 6.92 Å². The van der Waals surface area contributed by atoms with E-state index in [1.165, 1.54) is 6.07 Å². The van der Waals surface area contributed by atoms with Crippen molar-refractivity contribution in [2.75, 3.05) is 11.9 Å². The van der Waals surface area contributed by atoms with Crippen molar-refractivity contribution in [1.82, 2.24) is 0 Å². The highest BCUT2D eigenvalue weighted by Gasteiger charge is 2.13. The molecule has 4 rings (SSSR count). The van der Waals surface area contributed by atoms with E-state index in [9.17, 15) is 19.2 Å². The Morgan fingerprint density at radius 1 is 0.892 bits per heavy atom. The average Bonchev–Trinajstić information content (AvgIpc) is 2.90. The molecule has 0 spiro atoms. The minimum Gasteiger partial charge on any atom is -0.489 e. The standard InChI is InChI=1S/C29H25NO7/c1-3-27(32)30-22-10-8-20(9-11-22)25(31)17-36-29(34)21-6-4-19(5-7-21)16-35-23-12-13-24-18(2)14-28(33)37-26(24)15-23/h4-15H,3,16-17H2,1-2H3,(H,30,32). The zero-order chi connectivity index (χ0) is 26.4. The third-order valence-electron chi connectivity index (χ3n) is 5.66. The molecule has 0 aliphatic heterocycles. The summed E-state index contributed by atoms with van der Waals surface area (Å²) in [6.45, 7) is 3.43. The van der Waals surface area contributed by atoms with Crippen LogP contribution in [0.5, 0.6) is 5.75 Å². The lowest BCUT2D eigenvalue weighted by Crippen LogP contribution is -2.14. The van der Waals surface area contributed by atoms with Gasteiger partial charge in [-0.1, -0.05) is 19.1 Å². The number of carbonyl (C=O) groups excluding carboxylic acids is 3. The third kappa shape index (κ3) is 6.49. The predicted octanol–water partition coefficient (Wildman–Crippen LogP) is 5.07. The molecule has 37 heavy (non-hydrogen) atoms. The number of nitrogens with one attached hydrogen (secondary N) is 1. The summed E-state index contributed by atoms with van der Waals surface area (Å²) >= 11 is 0. The van der Waals surface area contributed by atoms with Gasteiger partial charge in [-0.3, -0.25) is 9.59 Å². The average molecular weight is 500 g/mol. The summed E-state index contributed by atoms with van der Waals surface area (Å²) in [4.78, 5) is 47.8. The molecule has 1 N–H and O–H groups in total. The van der Waals surface area contributed by atoms with E-state index in [4.69, 9.17) is 13.9 Å². The summed E-state index contributed by atoms with van der Waals surface area (Å²) in [5, 5.41) is 3.54. The molecule has 1 amide bonds. The number of hydrogen-bond acceptors (Lipinski definition) is 7. The van der Waals surface area contributed by atoms with Crippen molar-refractivity contribution in [1.29, 1.82) is 0 Å². The lowest BCUT2D eigenvalue weighted by Gasteiger charge is -2.09. The molecule has 0 bridgehead atoms. The summed E-state index contributed by atoms with van der Waals surface area (Å²) < 4.78 is 16.2. The van der Waals surface area contributed by atoms with Crippen LogP contribution in [0.1, 0.15) is 45.2 Å². The number of Topliss-reactive ketones (excluding diaryl/α,β-unsaturated/α-hetero) is 1. The van der Waals surface area contributed by atoms with Gasteiger partial charge in [0.1, 0.15) is 17.9 Å².